The lowest BCUT2D eigenvalue weighted by molar-refractivity contribution is 0.787. The zero-order valence-electron chi connectivity index (χ0n) is 11.9. The summed E-state index contributed by atoms with van der Waals surface area (Å²) in [5.41, 5.74) is 2.12. The number of aromatic nitrogens is 3. The molecule has 3 aromatic rings. The number of aryl methyl sites for hydroxylation is 1. The fourth-order valence-corrected chi connectivity index (χ4v) is 2.94. The van der Waals surface area contributed by atoms with Gasteiger partial charge in [0.1, 0.15) is 5.52 Å². The first-order valence-electron chi connectivity index (χ1n) is 6.77. The number of nitrogens with one attached hydrogen (secondary N) is 1. The molecule has 0 amide bonds. The second-order valence-electron chi connectivity index (χ2n) is 5.20. The Morgan fingerprint density at radius 2 is 2.20 bits per heavy atom. The van der Waals surface area contributed by atoms with Crippen molar-refractivity contribution in [3.05, 3.63) is 46.0 Å². The summed E-state index contributed by atoms with van der Waals surface area (Å²) in [5.74, 6) is 1.31. The van der Waals surface area contributed by atoms with Gasteiger partial charge in [0.25, 0.3) is 0 Å². The topological polar surface area (TPSA) is 42.2 Å². The van der Waals surface area contributed by atoms with Crippen molar-refractivity contribution in [3.63, 3.8) is 0 Å². The maximum atomic E-state index is 4.57. The van der Waals surface area contributed by atoms with Crippen LogP contribution >= 0.6 is 11.3 Å². The molecule has 0 fully saturated rings. The molecule has 0 unspecified atom stereocenters. The first-order chi connectivity index (χ1) is 9.63. The minimum absolute atomic E-state index is 0.419. The Balaban J connectivity index is 1.87. The van der Waals surface area contributed by atoms with E-state index in [2.05, 4.69) is 54.4 Å². The Hall–Kier alpha value is -1.88. The van der Waals surface area contributed by atoms with Gasteiger partial charge >= 0.3 is 0 Å². The minimum Gasteiger partial charge on any atom is -0.363 e. The molecular formula is C15H18N4S. The van der Waals surface area contributed by atoms with E-state index >= 15 is 0 Å². The maximum Gasteiger partial charge on any atom is 0.152 e. The molecule has 20 heavy (non-hydrogen) atoms. The van der Waals surface area contributed by atoms with Gasteiger partial charge in [0, 0.05) is 22.1 Å². The van der Waals surface area contributed by atoms with E-state index in [0.29, 0.717) is 5.92 Å². The van der Waals surface area contributed by atoms with Gasteiger partial charge < -0.3 is 5.32 Å². The average Bonchev–Trinajstić information content (AvgIpc) is 3.02. The summed E-state index contributed by atoms with van der Waals surface area (Å²) in [5, 5.41) is 7.98. The number of anilines is 1. The van der Waals surface area contributed by atoms with Gasteiger partial charge in [-0.05, 0) is 31.0 Å². The standard InChI is InChI=1S/C15H18N4S/c1-10(2)13-8-14-15(16-6-7-19(14)18-13)17-9-12-5-4-11(3)20-12/h4-8,10H,9H2,1-3H3,(H,16,17). The fraction of sp³-hybridized carbons (Fsp3) is 0.333. The first-order valence-corrected chi connectivity index (χ1v) is 7.58. The Bertz CT molecular complexity index is 726. The zero-order valence-corrected chi connectivity index (χ0v) is 12.7. The summed E-state index contributed by atoms with van der Waals surface area (Å²) in [4.78, 5) is 7.08. The van der Waals surface area contributed by atoms with E-state index in [1.807, 2.05) is 22.0 Å². The number of hydrogen-bond donors (Lipinski definition) is 1. The van der Waals surface area contributed by atoms with Crippen LogP contribution < -0.4 is 5.32 Å². The lowest BCUT2D eigenvalue weighted by Crippen LogP contribution is -2.02. The highest BCUT2D eigenvalue weighted by Crippen LogP contribution is 2.21. The van der Waals surface area contributed by atoms with E-state index in [1.54, 1.807) is 6.20 Å². The van der Waals surface area contributed by atoms with E-state index in [1.165, 1.54) is 9.75 Å². The molecule has 0 saturated carbocycles. The number of fused-ring (bicyclic) bond motifs is 1. The molecule has 0 saturated heterocycles. The molecule has 0 aliphatic rings. The molecule has 4 nitrogen and oxygen atoms in total. The van der Waals surface area contributed by atoms with Crippen LogP contribution in [0, 0.1) is 6.92 Å². The van der Waals surface area contributed by atoms with Crippen molar-refractivity contribution < 1.29 is 0 Å². The van der Waals surface area contributed by atoms with Gasteiger partial charge in [0.2, 0.25) is 0 Å². The first kappa shape index (κ1) is 13.1. The van der Waals surface area contributed by atoms with Crippen LogP contribution in [0.4, 0.5) is 5.82 Å². The fourth-order valence-electron chi connectivity index (χ4n) is 2.11. The molecule has 0 bridgehead atoms. The number of thiophene rings is 1. The Morgan fingerprint density at radius 1 is 1.35 bits per heavy atom. The van der Waals surface area contributed by atoms with Crippen LogP contribution in [0.15, 0.2) is 30.6 Å². The van der Waals surface area contributed by atoms with Crippen LogP contribution in [0.25, 0.3) is 5.52 Å². The summed E-state index contributed by atoms with van der Waals surface area (Å²) in [7, 11) is 0. The van der Waals surface area contributed by atoms with Crippen LogP contribution in [0.5, 0.6) is 0 Å². The quantitative estimate of drug-likeness (QED) is 0.792. The van der Waals surface area contributed by atoms with E-state index in [4.69, 9.17) is 0 Å². The SMILES string of the molecule is Cc1ccc(CNc2nccn3nc(C(C)C)cc23)s1. The number of hydrogen-bond acceptors (Lipinski definition) is 4. The third kappa shape index (κ3) is 2.54. The molecule has 3 aromatic heterocycles. The summed E-state index contributed by atoms with van der Waals surface area (Å²) >= 11 is 1.81. The minimum atomic E-state index is 0.419. The molecule has 104 valence electrons. The third-order valence-electron chi connectivity index (χ3n) is 3.23. The van der Waals surface area contributed by atoms with E-state index < -0.39 is 0 Å². The normalized spacial score (nSPS) is 11.4. The monoisotopic (exact) mass is 286 g/mol. The smallest absolute Gasteiger partial charge is 0.152 e. The second-order valence-corrected chi connectivity index (χ2v) is 6.57. The lowest BCUT2D eigenvalue weighted by Gasteiger charge is -2.05. The third-order valence-corrected chi connectivity index (χ3v) is 4.23. The second kappa shape index (κ2) is 5.25. The Labute approximate surface area is 122 Å². The molecule has 0 aromatic carbocycles. The van der Waals surface area contributed by atoms with Gasteiger partial charge in [-0.1, -0.05) is 13.8 Å². The van der Waals surface area contributed by atoms with Gasteiger partial charge in [0.15, 0.2) is 5.82 Å². The molecule has 1 N–H and O–H groups in total. The highest BCUT2D eigenvalue weighted by molar-refractivity contribution is 7.11. The van der Waals surface area contributed by atoms with Crippen molar-refractivity contribution in [1.29, 1.82) is 0 Å². The van der Waals surface area contributed by atoms with Crippen LogP contribution in [-0.4, -0.2) is 14.6 Å². The molecule has 0 radical (unpaired) electrons. The van der Waals surface area contributed by atoms with E-state index in [9.17, 15) is 0 Å². The molecule has 0 aliphatic carbocycles. The maximum absolute atomic E-state index is 4.57. The summed E-state index contributed by atoms with van der Waals surface area (Å²) in [6, 6.07) is 6.41. The van der Waals surface area contributed by atoms with Gasteiger partial charge in [-0.15, -0.1) is 11.3 Å². The van der Waals surface area contributed by atoms with Gasteiger partial charge in [-0.3, -0.25) is 0 Å². The summed E-state index contributed by atoms with van der Waals surface area (Å²) in [6.07, 6.45) is 3.67. The molecule has 0 atom stereocenters. The van der Waals surface area contributed by atoms with E-state index in [-0.39, 0.29) is 0 Å². The van der Waals surface area contributed by atoms with Crippen molar-refractivity contribution in [3.8, 4) is 0 Å². The highest BCUT2D eigenvalue weighted by atomic mass is 32.1. The summed E-state index contributed by atoms with van der Waals surface area (Å²) in [6.45, 7) is 7.22. The van der Waals surface area contributed by atoms with Crippen molar-refractivity contribution >= 4 is 22.7 Å². The van der Waals surface area contributed by atoms with Crippen molar-refractivity contribution in [1.82, 2.24) is 14.6 Å². The zero-order chi connectivity index (χ0) is 14.1. The Kier molecular flexibility index (Phi) is 3.44. The largest absolute Gasteiger partial charge is 0.363 e. The summed E-state index contributed by atoms with van der Waals surface area (Å²) < 4.78 is 1.89. The van der Waals surface area contributed by atoms with Crippen molar-refractivity contribution in [2.24, 2.45) is 0 Å². The molecule has 0 aliphatic heterocycles. The van der Waals surface area contributed by atoms with Crippen molar-refractivity contribution in [2.75, 3.05) is 5.32 Å². The van der Waals surface area contributed by atoms with Crippen LogP contribution in [0.2, 0.25) is 0 Å². The highest BCUT2D eigenvalue weighted by Gasteiger charge is 2.09. The predicted octanol–water partition coefficient (Wildman–Crippen LogP) is 3.83. The van der Waals surface area contributed by atoms with Gasteiger partial charge in [0.05, 0.1) is 12.2 Å². The molecule has 3 heterocycles. The van der Waals surface area contributed by atoms with Crippen LogP contribution in [0.3, 0.4) is 0 Å². The molecule has 0 spiro atoms. The van der Waals surface area contributed by atoms with Crippen molar-refractivity contribution in [2.45, 2.75) is 33.2 Å². The van der Waals surface area contributed by atoms with Crippen LogP contribution in [-0.2, 0) is 6.54 Å². The van der Waals surface area contributed by atoms with Gasteiger partial charge in [-0.2, -0.15) is 5.10 Å². The average molecular weight is 286 g/mol. The predicted molar refractivity (Wildman–Crippen MR) is 83.5 cm³/mol. The van der Waals surface area contributed by atoms with Crippen LogP contribution in [0.1, 0.15) is 35.2 Å². The van der Waals surface area contributed by atoms with Gasteiger partial charge in [-0.25, -0.2) is 9.50 Å². The Morgan fingerprint density at radius 3 is 2.90 bits per heavy atom. The molecule has 3 rings (SSSR count). The molecular weight excluding hydrogens is 268 g/mol. The molecule has 5 heteroatoms. The number of nitrogens with zero attached hydrogens (tertiary/aromatic N) is 3. The lowest BCUT2D eigenvalue weighted by atomic mass is 10.1. The van der Waals surface area contributed by atoms with E-state index in [0.717, 1.165) is 23.6 Å². The number of rotatable bonds is 4.